The van der Waals surface area contributed by atoms with Gasteiger partial charge in [-0.2, -0.15) is 0 Å². The third kappa shape index (κ3) is 5.25. The van der Waals surface area contributed by atoms with Gasteiger partial charge in [0.05, 0.1) is 7.11 Å². The van der Waals surface area contributed by atoms with Gasteiger partial charge in [0.15, 0.2) is 0 Å². The number of thioether (sulfide) groups is 1. The first-order valence-electron chi connectivity index (χ1n) is 10.3. The number of piperidine rings is 1. The van der Waals surface area contributed by atoms with Crippen molar-refractivity contribution in [2.45, 2.75) is 24.5 Å². The van der Waals surface area contributed by atoms with E-state index in [9.17, 15) is 4.79 Å². The molecule has 2 aliphatic rings. The fourth-order valence-electron chi connectivity index (χ4n) is 4.26. The molecule has 1 amide bonds. The van der Waals surface area contributed by atoms with Crippen molar-refractivity contribution < 1.29 is 9.53 Å². The Morgan fingerprint density at radius 1 is 1.10 bits per heavy atom. The van der Waals surface area contributed by atoms with Crippen molar-refractivity contribution in [1.29, 1.82) is 0 Å². The Hall–Kier alpha value is -1.40. The number of ether oxygens (including phenoxy) is 1. The number of hydrogen-bond acceptors (Lipinski definition) is 4. The van der Waals surface area contributed by atoms with Crippen molar-refractivity contribution >= 4 is 45.9 Å². The fourth-order valence-corrected chi connectivity index (χ4v) is 5.68. The topological polar surface area (TPSA) is 32.8 Å². The summed E-state index contributed by atoms with van der Waals surface area (Å²) in [6.45, 7) is 3.84. The molecule has 2 aromatic carbocycles. The number of hydrogen-bond donors (Lipinski definition) is 0. The Morgan fingerprint density at radius 3 is 2.53 bits per heavy atom. The average molecular weight is 465 g/mol. The van der Waals surface area contributed by atoms with Crippen LogP contribution in [0.4, 0.5) is 10.5 Å². The van der Waals surface area contributed by atoms with Gasteiger partial charge in [-0.3, -0.25) is 4.79 Å². The van der Waals surface area contributed by atoms with Crippen LogP contribution in [-0.4, -0.2) is 48.7 Å². The second kappa shape index (κ2) is 9.82. The van der Waals surface area contributed by atoms with E-state index < -0.39 is 0 Å². The number of amides is 1. The molecule has 7 heteroatoms. The van der Waals surface area contributed by atoms with Crippen molar-refractivity contribution in [1.82, 2.24) is 4.90 Å². The van der Waals surface area contributed by atoms with Gasteiger partial charge in [0.25, 0.3) is 5.24 Å². The molecule has 4 nitrogen and oxygen atoms in total. The Kier molecular flexibility index (Phi) is 7.14. The normalized spacial score (nSPS) is 20.7. The third-order valence-corrected chi connectivity index (χ3v) is 7.62. The first-order valence-corrected chi connectivity index (χ1v) is 11.9. The van der Waals surface area contributed by atoms with Crippen molar-refractivity contribution in [3.63, 3.8) is 0 Å². The lowest BCUT2D eigenvalue weighted by atomic mass is 9.90. The molecule has 2 fully saturated rings. The Balaban J connectivity index is 1.27. The molecule has 4 rings (SSSR count). The molecule has 160 valence electrons. The van der Waals surface area contributed by atoms with Gasteiger partial charge in [0.2, 0.25) is 0 Å². The molecule has 0 saturated carbocycles. The van der Waals surface area contributed by atoms with Crippen LogP contribution in [0.25, 0.3) is 0 Å². The third-order valence-electron chi connectivity index (χ3n) is 5.94. The summed E-state index contributed by atoms with van der Waals surface area (Å²) >= 11 is 13.8. The van der Waals surface area contributed by atoms with Crippen LogP contribution in [-0.2, 0) is 6.42 Å². The molecule has 1 atom stereocenters. The van der Waals surface area contributed by atoms with Crippen LogP contribution in [0, 0.1) is 5.92 Å². The van der Waals surface area contributed by atoms with Crippen LogP contribution in [0.2, 0.25) is 10.0 Å². The molecule has 1 unspecified atom stereocenters. The number of benzene rings is 2. The number of methoxy groups -OCH3 is 1. The van der Waals surface area contributed by atoms with Crippen LogP contribution in [0.3, 0.4) is 0 Å². The van der Waals surface area contributed by atoms with Gasteiger partial charge in [-0.25, -0.2) is 0 Å². The molecule has 30 heavy (non-hydrogen) atoms. The zero-order valence-corrected chi connectivity index (χ0v) is 19.3. The van der Waals surface area contributed by atoms with Crippen LogP contribution in [0.1, 0.15) is 18.4 Å². The predicted octanol–water partition coefficient (Wildman–Crippen LogP) is 6.00. The molecule has 0 N–H and O–H groups in total. The van der Waals surface area contributed by atoms with Crippen LogP contribution < -0.4 is 9.64 Å². The molecule has 0 aliphatic carbocycles. The summed E-state index contributed by atoms with van der Waals surface area (Å²) in [4.78, 5) is 16.8. The lowest BCUT2D eigenvalue weighted by Crippen LogP contribution is -2.39. The van der Waals surface area contributed by atoms with Crippen molar-refractivity contribution in [2.24, 2.45) is 5.92 Å². The van der Waals surface area contributed by atoms with Crippen molar-refractivity contribution in [2.75, 3.05) is 38.2 Å². The molecule has 2 heterocycles. The smallest absolute Gasteiger partial charge is 0.286 e. The monoisotopic (exact) mass is 464 g/mol. The van der Waals surface area contributed by atoms with E-state index in [1.807, 2.05) is 41.3 Å². The molecule has 0 aromatic heterocycles. The van der Waals surface area contributed by atoms with E-state index in [4.69, 9.17) is 27.9 Å². The minimum absolute atomic E-state index is 0.130. The first kappa shape index (κ1) is 21.8. The Morgan fingerprint density at radius 2 is 1.83 bits per heavy atom. The first-order chi connectivity index (χ1) is 14.5. The maximum absolute atomic E-state index is 12.5. The number of carbonyl (C=O) groups excluding carboxylic acids is 1. The minimum atomic E-state index is 0.130. The zero-order valence-electron chi connectivity index (χ0n) is 17.0. The second-order valence-corrected chi connectivity index (χ2v) is 10.1. The highest BCUT2D eigenvalue weighted by Gasteiger charge is 2.33. The van der Waals surface area contributed by atoms with Crippen LogP contribution in [0.5, 0.6) is 5.75 Å². The predicted molar refractivity (Wildman–Crippen MR) is 126 cm³/mol. The highest BCUT2D eigenvalue weighted by atomic mass is 35.5. The van der Waals surface area contributed by atoms with E-state index in [2.05, 4.69) is 11.0 Å². The molecular formula is C23H26Cl2N2O2S. The van der Waals surface area contributed by atoms with Gasteiger partial charge in [0.1, 0.15) is 5.75 Å². The lowest BCUT2D eigenvalue weighted by molar-refractivity contribution is 0.185. The summed E-state index contributed by atoms with van der Waals surface area (Å²) in [5.41, 5.74) is 2.10. The Labute approximate surface area is 192 Å². The molecule has 0 bridgehead atoms. The van der Waals surface area contributed by atoms with Gasteiger partial charge < -0.3 is 14.5 Å². The van der Waals surface area contributed by atoms with E-state index in [1.54, 1.807) is 7.11 Å². The fraction of sp³-hybridized carbons (Fsp3) is 0.435. The number of halogens is 2. The second-order valence-electron chi connectivity index (χ2n) is 8.00. The number of nitrogens with zero attached hydrogens (tertiary/aromatic N) is 2. The number of rotatable bonds is 6. The quantitative estimate of drug-likeness (QED) is 0.524. The van der Waals surface area contributed by atoms with E-state index >= 15 is 0 Å². The number of likely N-dealkylation sites (tertiary alicyclic amines) is 1. The van der Waals surface area contributed by atoms with Gasteiger partial charge in [-0.15, -0.1) is 0 Å². The summed E-state index contributed by atoms with van der Waals surface area (Å²) in [6.07, 6.45) is 3.30. The number of anilines is 1. The highest BCUT2D eigenvalue weighted by Crippen LogP contribution is 2.33. The van der Waals surface area contributed by atoms with E-state index in [0.29, 0.717) is 16.2 Å². The standard InChI is InChI=1S/C23H26Cl2N2O2S/c1-29-20-6-7-22(25)17(13-20)12-16-8-10-26(11-9-16)14-21-15-27(23(28)30-21)19-4-2-18(24)3-5-19/h2-7,13,16,21H,8-12,14-15H2,1H3. The van der Waals surface area contributed by atoms with E-state index in [-0.39, 0.29) is 5.24 Å². The van der Waals surface area contributed by atoms with Gasteiger partial charge in [0, 0.05) is 34.1 Å². The van der Waals surface area contributed by atoms with E-state index in [1.165, 1.54) is 17.3 Å². The highest BCUT2D eigenvalue weighted by molar-refractivity contribution is 8.14. The summed E-state index contributed by atoms with van der Waals surface area (Å²) in [5.74, 6) is 1.49. The lowest BCUT2D eigenvalue weighted by Gasteiger charge is -2.33. The van der Waals surface area contributed by atoms with Gasteiger partial charge in [-0.05, 0) is 86.3 Å². The van der Waals surface area contributed by atoms with Crippen LogP contribution >= 0.6 is 35.0 Å². The summed E-state index contributed by atoms with van der Waals surface area (Å²) in [6, 6.07) is 13.4. The van der Waals surface area contributed by atoms with Gasteiger partial charge >= 0.3 is 0 Å². The maximum atomic E-state index is 12.5. The summed E-state index contributed by atoms with van der Waals surface area (Å²) in [7, 11) is 1.69. The summed E-state index contributed by atoms with van der Waals surface area (Å²) in [5, 5.41) is 1.94. The molecular weight excluding hydrogens is 439 g/mol. The molecule has 2 saturated heterocycles. The minimum Gasteiger partial charge on any atom is -0.497 e. The van der Waals surface area contributed by atoms with Crippen LogP contribution in [0.15, 0.2) is 42.5 Å². The average Bonchev–Trinajstić information content (AvgIpc) is 3.11. The number of carbonyl (C=O) groups is 1. The molecule has 0 spiro atoms. The molecule has 2 aromatic rings. The molecule has 2 aliphatic heterocycles. The van der Waals surface area contributed by atoms with E-state index in [0.717, 1.165) is 61.9 Å². The van der Waals surface area contributed by atoms with Crippen molar-refractivity contribution in [3.05, 3.63) is 58.1 Å². The van der Waals surface area contributed by atoms with Crippen molar-refractivity contribution in [3.8, 4) is 5.75 Å². The summed E-state index contributed by atoms with van der Waals surface area (Å²) < 4.78 is 5.34. The molecule has 0 radical (unpaired) electrons. The van der Waals surface area contributed by atoms with Gasteiger partial charge in [-0.1, -0.05) is 35.0 Å². The Bertz CT molecular complexity index is 885. The largest absolute Gasteiger partial charge is 0.497 e. The zero-order chi connectivity index (χ0) is 21.1. The SMILES string of the molecule is COc1ccc(Cl)c(CC2CCN(CC3CN(c4ccc(Cl)cc4)C(=O)S3)CC2)c1. The maximum Gasteiger partial charge on any atom is 0.286 e.